The third kappa shape index (κ3) is 3.71. The average Bonchev–Trinajstić information content (AvgIpc) is 2.43. The van der Waals surface area contributed by atoms with Gasteiger partial charge in [0.15, 0.2) is 0 Å². The van der Waals surface area contributed by atoms with Crippen molar-refractivity contribution in [3.05, 3.63) is 52.2 Å². The third-order valence-electron chi connectivity index (χ3n) is 3.03. The van der Waals surface area contributed by atoms with E-state index in [0.29, 0.717) is 17.4 Å². The van der Waals surface area contributed by atoms with Crippen LogP contribution in [0.2, 0.25) is 5.02 Å². The maximum absolute atomic E-state index is 6.13. The number of ether oxygens (including phenoxy) is 1. The Kier molecular flexibility index (Phi) is 4.99. The van der Waals surface area contributed by atoms with Crippen LogP contribution in [0.4, 0.5) is 0 Å². The smallest absolute Gasteiger partial charge is 0.219 e. The maximum atomic E-state index is 6.13. The van der Waals surface area contributed by atoms with Gasteiger partial charge in [0.2, 0.25) is 5.88 Å². The molecule has 4 heteroatoms. The largest absolute Gasteiger partial charge is 0.439 e. The van der Waals surface area contributed by atoms with Crippen LogP contribution in [-0.4, -0.2) is 11.5 Å². The lowest BCUT2D eigenvalue weighted by Gasteiger charge is -2.11. The molecule has 0 amide bonds. The highest BCUT2D eigenvalue weighted by Crippen LogP contribution is 2.27. The lowest BCUT2D eigenvalue weighted by atomic mass is 10.1. The second-order valence-corrected chi connectivity index (χ2v) is 5.17. The van der Waals surface area contributed by atoms with Crippen LogP contribution in [0.5, 0.6) is 11.6 Å². The number of hydrogen-bond acceptors (Lipinski definition) is 3. The van der Waals surface area contributed by atoms with Crippen molar-refractivity contribution in [2.45, 2.75) is 27.3 Å². The van der Waals surface area contributed by atoms with Gasteiger partial charge in [0.05, 0.1) is 5.02 Å². The predicted molar refractivity (Wildman–Crippen MR) is 82.6 cm³/mol. The Morgan fingerprint density at radius 2 is 2.05 bits per heavy atom. The monoisotopic (exact) mass is 290 g/mol. The van der Waals surface area contributed by atoms with Gasteiger partial charge in [-0.1, -0.05) is 30.7 Å². The van der Waals surface area contributed by atoms with Gasteiger partial charge < -0.3 is 10.1 Å². The van der Waals surface area contributed by atoms with Gasteiger partial charge in [-0.15, -0.1) is 0 Å². The fourth-order valence-corrected chi connectivity index (χ4v) is 2.01. The molecule has 1 heterocycles. The summed E-state index contributed by atoms with van der Waals surface area (Å²) in [4.78, 5) is 4.23. The molecule has 2 rings (SSSR count). The number of benzene rings is 1. The number of hydrogen-bond donors (Lipinski definition) is 1. The van der Waals surface area contributed by atoms with E-state index < -0.39 is 0 Å². The number of nitrogens with one attached hydrogen (secondary N) is 1. The number of aromatic nitrogens is 1. The van der Waals surface area contributed by atoms with Gasteiger partial charge in [0.25, 0.3) is 0 Å². The molecule has 1 N–H and O–H groups in total. The summed E-state index contributed by atoms with van der Waals surface area (Å²) in [5.74, 6) is 1.39. The molecule has 2 aromatic rings. The van der Waals surface area contributed by atoms with E-state index in [4.69, 9.17) is 16.3 Å². The molecule has 0 unspecified atom stereocenters. The van der Waals surface area contributed by atoms with Crippen LogP contribution in [0, 0.1) is 13.8 Å². The van der Waals surface area contributed by atoms with Crippen LogP contribution in [0.25, 0.3) is 0 Å². The number of rotatable bonds is 5. The van der Waals surface area contributed by atoms with E-state index in [9.17, 15) is 0 Å². The van der Waals surface area contributed by atoms with Crippen molar-refractivity contribution in [1.82, 2.24) is 10.3 Å². The molecule has 106 valence electrons. The van der Waals surface area contributed by atoms with Crippen LogP contribution in [0.3, 0.4) is 0 Å². The fourth-order valence-electron chi connectivity index (χ4n) is 1.84. The summed E-state index contributed by atoms with van der Waals surface area (Å²) < 4.78 is 5.87. The van der Waals surface area contributed by atoms with E-state index in [-0.39, 0.29) is 0 Å². The molecule has 1 aromatic carbocycles. The Balaban J connectivity index is 2.22. The van der Waals surface area contributed by atoms with E-state index >= 15 is 0 Å². The van der Waals surface area contributed by atoms with Crippen LogP contribution >= 0.6 is 11.6 Å². The van der Waals surface area contributed by atoms with Gasteiger partial charge in [-0.3, -0.25) is 0 Å². The summed E-state index contributed by atoms with van der Waals surface area (Å²) in [7, 11) is 0. The van der Waals surface area contributed by atoms with Crippen LogP contribution in [0.15, 0.2) is 30.5 Å². The lowest BCUT2D eigenvalue weighted by molar-refractivity contribution is 0.458. The first kappa shape index (κ1) is 14.8. The molecule has 0 saturated carbocycles. The van der Waals surface area contributed by atoms with Crippen molar-refractivity contribution < 1.29 is 4.74 Å². The zero-order chi connectivity index (χ0) is 14.5. The number of aryl methyl sites for hydroxylation is 2. The minimum atomic E-state index is 0.566. The lowest BCUT2D eigenvalue weighted by Crippen LogP contribution is -2.12. The summed E-state index contributed by atoms with van der Waals surface area (Å²) >= 11 is 6.13. The van der Waals surface area contributed by atoms with Crippen molar-refractivity contribution in [3.8, 4) is 11.6 Å². The Bertz CT molecular complexity index is 599. The molecule has 0 spiro atoms. The predicted octanol–water partition coefficient (Wildman–Crippen LogP) is 4.25. The van der Waals surface area contributed by atoms with Gasteiger partial charge in [-0.25, -0.2) is 4.98 Å². The van der Waals surface area contributed by atoms with Gasteiger partial charge in [-0.2, -0.15) is 0 Å². The molecule has 0 bridgehead atoms. The highest BCUT2D eigenvalue weighted by atomic mass is 35.5. The second kappa shape index (κ2) is 6.73. The zero-order valence-electron chi connectivity index (χ0n) is 12.0. The summed E-state index contributed by atoms with van der Waals surface area (Å²) in [6.45, 7) is 7.72. The topological polar surface area (TPSA) is 34.1 Å². The molecule has 0 aliphatic carbocycles. The number of pyridine rings is 1. The van der Waals surface area contributed by atoms with Crippen LogP contribution < -0.4 is 10.1 Å². The zero-order valence-corrected chi connectivity index (χ0v) is 12.8. The highest BCUT2D eigenvalue weighted by Gasteiger charge is 2.07. The van der Waals surface area contributed by atoms with E-state index in [1.807, 2.05) is 32.0 Å². The van der Waals surface area contributed by atoms with Crippen molar-refractivity contribution >= 4 is 11.6 Å². The molecule has 0 atom stereocenters. The number of nitrogens with zero attached hydrogens (tertiary/aromatic N) is 1. The van der Waals surface area contributed by atoms with Gasteiger partial charge in [0, 0.05) is 18.8 Å². The van der Waals surface area contributed by atoms with E-state index in [2.05, 4.69) is 23.3 Å². The summed E-state index contributed by atoms with van der Waals surface area (Å²) in [5, 5.41) is 3.90. The Morgan fingerprint density at radius 3 is 2.80 bits per heavy atom. The average molecular weight is 291 g/mol. The minimum absolute atomic E-state index is 0.566. The van der Waals surface area contributed by atoms with Crippen LogP contribution in [0.1, 0.15) is 23.6 Å². The molecule has 0 radical (unpaired) electrons. The SMILES string of the molecule is CCNCc1cc(Oc2cc(C)ccc2C)ncc1Cl. The molecule has 0 saturated heterocycles. The molecule has 0 fully saturated rings. The molecule has 0 aliphatic heterocycles. The highest BCUT2D eigenvalue weighted by molar-refractivity contribution is 6.31. The Labute approximate surface area is 124 Å². The van der Waals surface area contributed by atoms with Crippen molar-refractivity contribution in [2.24, 2.45) is 0 Å². The van der Waals surface area contributed by atoms with Gasteiger partial charge in [-0.05, 0) is 43.1 Å². The molecule has 1 aromatic heterocycles. The molecule has 3 nitrogen and oxygen atoms in total. The fraction of sp³-hybridized carbons (Fsp3) is 0.312. The van der Waals surface area contributed by atoms with E-state index in [1.165, 1.54) is 0 Å². The maximum Gasteiger partial charge on any atom is 0.219 e. The first-order valence-electron chi connectivity index (χ1n) is 6.70. The van der Waals surface area contributed by atoms with Gasteiger partial charge >= 0.3 is 0 Å². The quantitative estimate of drug-likeness (QED) is 0.894. The second-order valence-electron chi connectivity index (χ2n) is 4.77. The van der Waals surface area contributed by atoms with Gasteiger partial charge in [0.1, 0.15) is 5.75 Å². The standard InChI is InChI=1S/C16H19ClN2O/c1-4-18-9-13-8-16(19-10-14(13)17)20-15-7-11(2)5-6-12(15)3/h5-8,10,18H,4,9H2,1-3H3. The molecule has 0 aliphatic rings. The van der Waals surface area contributed by atoms with E-state index in [0.717, 1.165) is 29.0 Å². The minimum Gasteiger partial charge on any atom is -0.439 e. The van der Waals surface area contributed by atoms with Crippen molar-refractivity contribution in [2.75, 3.05) is 6.54 Å². The Morgan fingerprint density at radius 1 is 1.25 bits per heavy atom. The summed E-state index contributed by atoms with van der Waals surface area (Å²) in [6.07, 6.45) is 1.63. The summed E-state index contributed by atoms with van der Waals surface area (Å²) in [5.41, 5.74) is 3.23. The normalized spacial score (nSPS) is 10.6. The van der Waals surface area contributed by atoms with Crippen molar-refractivity contribution in [1.29, 1.82) is 0 Å². The summed E-state index contributed by atoms with van der Waals surface area (Å²) in [6, 6.07) is 8.00. The number of halogens is 1. The molecular formula is C16H19ClN2O. The van der Waals surface area contributed by atoms with Crippen molar-refractivity contribution in [3.63, 3.8) is 0 Å². The third-order valence-corrected chi connectivity index (χ3v) is 3.37. The van der Waals surface area contributed by atoms with Crippen LogP contribution in [-0.2, 0) is 6.54 Å². The Hall–Kier alpha value is -1.58. The molecule has 20 heavy (non-hydrogen) atoms. The molecular weight excluding hydrogens is 272 g/mol. The van der Waals surface area contributed by atoms with E-state index in [1.54, 1.807) is 6.20 Å². The first-order chi connectivity index (χ1) is 9.60. The first-order valence-corrected chi connectivity index (χ1v) is 7.08.